The molecule has 0 fully saturated rings. The third-order valence-corrected chi connectivity index (χ3v) is 6.12. The highest BCUT2D eigenvalue weighted by atomic mass is 79.9. The van der Waals surface area contributed by atoms with E-state index in [4.69, 9.17) is 4.74 Å². The number of hydrogen-bond donors (Lipinski definition) is 1. The second kappa shape index (κ2) is 11.1. The van der Waals surface area contributed by atoms with Crippen molar-refractivity contribution in [3.8, 4) is 11.8 Å². The molecule has 34 heavy (non-hydrogen) atoms. The summed E-state index contributed by atoms with van der Waals surface area (Å²) < 4.78 is 7.16. The van der Waals surface area contributed by atoms with Gasteiger partial charge in [-0.1, -0.05) is 28.1 Å². The van der Waals surface area contributed by atoms with E-state index in [-0.39, 0.29) is 23.8 Å². The first kappa shape index (κ1) is 25.1. The van der Waals surface area contributed by atoms with Crippen molar-refractivity contribution in [1.82, 2.24) is 0 Å². The molecule has 9 heteroatoms. The van der Waals surface area contributed by atoms with Gasteiger partial charge in [0, 0.05) is 27.9 Å². The minimum Gasteiger partial charge on any atom is -0.482 e. The summed E-state index contributed by atoms with van der Waals surface area (Å²) in [6.45, 7) is 3.66. The predicted molar refractivity (Wildman–Crippen MR) is 138 cm³/mol. The third kappa shape index (κ3) is 6.10. The van der Waals surface area contributed by atoms with Gasteiger partial charge in [0.05, 0.1) is 21.0 Å². The topological polar surface area (TPSA) is 105 Å². The molecule has 0 spiro atoms. The number of nitro benzene ring substituents is 1. The molecule has 0 saturated heterocycles. The Morgan fingerprint density at radius 1 is 1.18 bits per heavy atom. The van der Waals surface area contributed by atoms with Crippen molar-refractivity contribution in [3.05, 3.63) is 95.9 Å². The fourth-order valence-electron chi connectivity index (χ4n) is 3.15. The Morgan fingerprint density at radius 3 is 2.53 bits per heavy atom. The zero-order valence-electron chi connectivity index (χ0n) is 18.3. The Balaban J connectivity index is 1.86. The zero-order valence-corrected chi connectivity index (χ0v) is 21.4. The minimum atomic E-state index is -0.500. The van der Waals surface area contributed by atoms with Gasteiger partial charge < -0.3 is 10.1 Å². The molecule has 3 aromatic carbocycles. The smallest absolute Gasteiger partial charge is 0.269 e. The van der Waals surface area contributed by atoms with E-state index in [0.717, 1.165) is 15.6 Å². The van der Waals surface area contributed by atoms with Crippen molar-refractivity contribution in [2.75, 3.05) is 11.9 Å². The highest BCUT2D eigenvalue weighted by Gasteiger charge is 2.14. The maximum absolute atomic E-state index is 12.5. The number of rotatable bonds is 7. The van der Waals surface area contributed by atoms with E-state index in [2.05, 4.69) is 43.2 Å². The van der Waals surface area contributed by atoms with Crippen LogP contribution in [0.1, 0.15) is 22.3 Å². The SMILES string of the molecule is Cc1cccc(NC(=O)COc2c(Br)cc(Br)cc2/C=C(\C#N)c2ccc([N+](=O)[O-])cc2)c1C. The van der Waals surface area contributed by atoms with Crippen molar-refractivity contribution >= 4 is 60.8 Å². The lowest BCUT2D eigenvalue weighted by Gasteiger charge is -2.14. The van der Waals surface area contributed by atoms with Crippen molar-refractivity contribution < 1.29 is 14.5 Å². The van der Waals surface area contributed by atoms with Crippen molar-refractivity contribution in [2.24, 2.45) is 0 Å². The molecule has 172 valence electrons. The summed E-state index contributed by atoms with van der Waals surface area (Å²) in [4.78, 5) is 22.9. The van der Waals surface area contributed by atoms with Crippen LogP contribution in [0.5, 0.6) is 5.75 Å². The first-order chi connectivity index (χ1) is 16.2. The number of non-ortho nitro benzene ring substituents is 1. The first-order valence-electron chi connectivity index (χ1n) is 10.0. The van der Waals surface area contributed by atoms with Crippen LogP contribution < -0.4 is 10.1 Å². The van der Waals surface area contributed by atoms with Gasteiger partial charge in [0.1, 0.15) is 5.75 Å². The molecule has 0 atom stereocenters. The number of carbonyl (C=O) groups is 1. The fourth-order valence-corrected chi connectivity index (χ4v) is 4.52. The van der Waals surface area contributed by atoms with E-state index < -0.39 is 4.92 Å². The molecular weight excluding hydrogens is 566 g/mol. The zero-order chi connectivity index (χ0) is 24.8. The van der Waals surface area contributed by atoms with E-state index in [0.29, 0.717) is 27.0 Å². The van der Waals surface area contributed by atoms with Crippen LogP contribution in [-0.2, 0) is 4.79 Å². The number of halogens is 2. The van der Waals surface area contributed by atoms with Gasteiger partial charge in [-0.2, -0.15) is 5.26 Å². The summed E-state index contributed by atoms with van der Waals surface area (Å²) in [5, 5.41) is 23.5. The van der Waals surface area contributed by atoms with Gasteiger partial charge in [-0.3, -0.25) is 14.9 Å². The molecule has 0 aliphatic heterocycles. The second-order valence-corrected chi connectivity index (χ2v) is 9.13. The van der Waals surface area contributed by atoms with E-state index in [9.17, 15) is 20.2 Å². The maximum atomic E-state index is 12.5. The van der Waals surface area contributed by atoms with Crippen LogP contribution in [0.15, 0.2) is 63.5 Å². The van der Waals surface area contributed by atoms with E-state index >= 15 is 0 Å². The molecule has 0 unspecified atom stereocenters. The monoisotopic (exact) mass is 583 g/mol. The quantitative estimate of drug-likeness (QED) is 0.142. The van der Waals surface area contributed by atoms with Crippen LogP contribution in [0.25, 0.3) is 11.6 Å². The number of hydrogen-bond acceptors (Lipinski definition) is 5. The summed E-state index contributed by atoms with van der Waals surface area (Å²) in [5.74, 6) is 0.0586. The molecule has 3 aromatic rings. The molecule has 0 radical (unpaired) electrons. The lowest BCUT2D eigenvalue weighted by molar-refractivity contribution is -0.384. The number of amides is 1. The lowest BCUT2D eigenvalue weighted by Crippen LogP contribution is -2.21. The summed E-state index contributed by atoms with van der Waals surface area (Å²) in [5.41, 5.74) is 4.05. The second-order valence-electron chi connectivity index (χ2n) is 7.36. The molecule has 7 nitrogen and oxygen atoms in total. The average Bonchev–Trinajstić information content (AvgIpc) is 2.79. The van der Waals surface area contributed by atoms with Gasteiger partial charge in [-0.05, 0) is 82.9 Å². The largest absolute Gasteiger partial charge is 0.482 e. The van der Waals surface area contributed by atoms with Gasteiger partial charge in [-0.25, -0.2) is 0 Å². The molecule has 0 saturated carbocycles. The van der Waals surface area contributed by atoms with E-state index in [1.165, 1.54) is 24.3 Å². The third-order valence-electron chi connectivity index (χ3n) is 5.07. The highest BCUT2D eigenvalue weighted by Crippen LogP contribution is 2.35. The van der Waals surface area contributed by atoms with Gasteiger partial charge in [0.2, 0.25) is 0 Å². The normalized spacial score (nSPS) is 11.0. The molecule has 0 aliphatic carbocycles. The Morgan fingerprint density at radius 2 is 1.88 bits per heavy atom. The predicted octanol–water partition coefficient (Wildman–Crippen LogP) is 6.82. The van der Waals surface area contributed by atoms with Gasteiger partial charge >= 0.3 is 0 Å². The number of ether oxygens (including phenoxy) is 1. The number of carbonyl (C=O) groups excluding carboxylic acids is 1. The number of anilines is 1. The van der Waals surface area contributed by atoms with Crippen LogP contribution in [-0.4, -0.2) is 17.4 Å². The van der Waals surface area contributed by atoms with Crippen molar-refractivity contribution in [3.63, 3.8) is 0 Å². The molecule has 3 rings (SSSR count). The number of nitrogens with one attached hydrogen (secondary N) is 1. The van der Waals surface area contributed by atoms with Crippen LogP contribution in [0.3, 0.4) is 0 Å². The molecule has 0 heterocycles. The number of nitrogens with zero attached hydrogens (tertiary/aromatic N) is 2. The standard InChI is InChI=1S/C25H19Br2N3O4/c1-15-4-3-5-23(16(15)2)29-24(31)14-34-25-18(11-20(26)12-22(25)27)10-19(13-28)17-6-8-21(9-7-17)30(32)33/h3-12H,14H2,1-2H3,(H,29,31)/b19-10+. The van der Waals surface area contributed by atoms with Gasteiger partial charge in [-0.15, -0.1) is 0 Å². The minimum absolute atomic E-state index is 0.0647. The highest BCUT2D eigenvalue weighted by molar-refractivity contribution is 9.11. The Labute approximate surface area is 213 Å². The molecule has 1 N–H and O–H groups in total. The molecule has 0 aromatic heterocycles. The van der Waals surface area contributed by atoms with Crippen LogP contribution in [0.4, 0.5) is 11.4 Å². The van der Waals surface area contributed by atoms with Gasteiger partial charge in [0.25, 0.3) is 11.6 Å². The first-order valence-corrected chi connectivity index (χ1v) is 11.6. The molecule has 0 bridgehead atoms. The maximum Gasteiger partial charge on any atom is 0.269 e. The van der Waals surface area contributed by atoms with Crippen molar-refractivity contribution in [1.29, 1.82) is 5.26 Å². The summed E-state index contributed by atoms with van der Waals surface area (Å²) in [6, 6.07) is 17.0. The summed E-state index contributed by atoms with van der Waals surface area (Å²) in [6.07, 6.45) is 1.61. The number of nitriles is 1. The van der Waals surface area contributed by atoms with Crippen molar-refractivity contribution in [2.45, 2.75) is 13.8 Å². The number of aryl methyl sites for hydroxylation is 1. The number of allylic oxidation sites excluding steroid dienone is 1. The van der Waals surface area contributed by atoms with Crippen LogP contribution in [0.2, 0.25) is 0 Å². The Kier molecular flexibility index (Phi) is 8.21. The average molecular weight is 585 g/mol. The fraction of sp³-hybridized carbons (Fsp3) is 0.120. The molecular formula is C25H19Br2N3O4. The Hall–Kier alpha value is -3.48. The summed E-state index contributed by atoms with van der Waals surface area (Å²) in [7, 11) is 0. The van der Waals surface area contributed by atoms with Crippen LogP contribution in [0, 0.1) is 35.3 Å². The van der Waals surface area contributed by atoms with Crippen LogP contribution >= 0.6 is 31.9 Å². The summed E-state index contributed by atoms with van der Waals surface area (Å²) >= 11 is 6.88. The molecule has 0 aliphatic rings. The Bertz CT molecular complexity index is 1330. The lowest BCUT2D eigenvalue weighted by atomic mass is 10.0. The number of nitro groups is 1. The number of benzene rings is 3. The van der Waals surface area contributed by atoms with E-state index in [1.807, 2.05) is 32.0 Å². The van der Waals surface area contributed by atoms with E-state index in [1.54, 1.807) is 18.2 Å². The van der Waals surface area contributed by atoms with Gasteiger partial charge in [0.15, 0.2) is 6.61 Å². The molecule has 1 amide bonds.